The summed E-state index contributed by atoms with van der Waals surface area (Å²) in [5.41, 5.74) is 3.18. The maximum Gasteiger partial charge on any atom is 0.264 e. The number of nitrogens with zero attached hydrogens (tertiary/aromatic N) is 1. The van der Waals surface area contributed by atoms with Gasteiger partial charge in [0.05, 0.1) is 24.2 Å². The number of aromatic amines is 1. The van der Waals surface area contributed by atoms with E-state index in [0.29, 0.717) is 22.5 Å². The number of aryl methyl sites for hydroxylation is 2. The van der Waals surface area contributed by atoms with Crippen molar-refractivity contribution < 1.29 is 13.2 Å². The Kier molecular flexibility index (Phi) is 5.76. The number of rotatable bonds is 6. The predicted octanol–water partition coefficient (Wildman–Crippen LogP) is 4.55. The maximum absolute atomic E-state index is 13.6. The summed E-state index contributed by atoms with van der Waals surface area (Å²) in [5.74, 6) is 0.651. The van der Waals surface area contributed by atoms with Crippen LogP contribution in [0.3, 0.4) is 0 Å². The van der Waals surface area contributed by atoms with Crippen LogP contribution in [0.15, 0.2) is 82.5 Å². The Morgan fingerprint density at radius 1 is 0.906 bits per heavy atom. The van der Waals surface area contributed by atoms with E-state index in [4.69, 9.17) is 4.74 Å². The Morgan fingerprint density at radius 2 is 1.66 bits per heavy atom. The topological polar surface area (TPSA) is 79.5 Å². The molecule has 1 N–H and O–H groups in total. The number of fused-ring (bicyclic) bond motifs is 1. The maximum atomic E-state index is 13.6. The van der Waals surface area contributed by atoms with Crippen LogP contribution in [0.25, 0.3) is 10.9 Å². The fourth-order valence-electron chi connectivity index (χ4n) is 3.54. The summed E-state index contributed by atoms with van der Waals surface area (Å²) >= 11 is 0. The van der Waals surface area contributed by atoms with E-state index in [1.807, 2.05) is 26.0 Å². The van der Waals surface area contributed by atoms with E-state index in [1.54, 1.807) is 67.8 Å². The minimum atomic E-state index is -3.91. The van der Waals surface area contributed by atoms with E-state index in [1.165, 1.54) is 4.31 Å². The number of sulfonamides is 1. The molecule has 0 bridgehead atoms. The van der Waals surface area contributed by atoms with Crippen LogP contribution < -0.4 is 14.6 Å². The second-order valence-corrected chi connectivity index (χ2v) is 9.53. The summed E-state index contributed by atoms with van der Waals surface area (Å²) in [7, 11) is -2.34. The molecule has 0 aliphatic carbocycles. The van der Waals surface area contributed by atoms with Crippen molar-refractivity contribution >= 4 is 26.6 Å². The lowest BCUT2D eigenvalue weighted by Gasteiger charge is -2.25. The van der Waals surface area contributed by atoms with Crippen molar-refractivity contribution in [1.29, 1.82) is 0 Å². The smallest absolute Gasteiger partial charge is 0.264 e. The van der Waals surface area contributed by atoms with Gasteiger partial charge >= 0.3 is 0 Å². The molecule has 4 aromatic rings. The van der Waals surface area contributed by atoms with Gasteiger partial charge in [-0.05, 0) is 73.5 Å². The summed E-state index contributed by atoms with van der Waals surface area (Å²) in [6.07, 6.45) is 0. The van der Waals surface area contributed by atoms with E-state index >= 15 is 0 Å². The highest BCUT2D eigenvalue weighted by Gasteiger charge is 2.26. The Morgan fingerprint density at radius 3 is 2.34 bits per heavy atom. The molecule has 4 rings (SSSR count). The molecule has 0 aliphatic rings. The molecule has 1 heterocycles. The van der Waals surface area contributed by atoms with E-state index in [0.717, 1.165) is 16.5 Å². The van der Waals surface area contributed by atoms with Crippen LogP contribution in [0.4, 0.5) is 5.69 Å². The van der Waals surface area contributed by atoms with Gasteiger partial charge in [0.1, 0.15) is 5.75 Å². The minimum absolute atomic E-state index is 0.109. The van der Waals surface area contributed by atoms with Crippen LogP contribution in [0, 0.1) is 13.8 Å². The van der Waals surface area contributed by atoms with E-state index in [9.17, 15) is 13.2 Å². The van der Waals surface area contributed by atoms with Crippen molar-refractivity contribution in [2.75, 3.05) is 11.4 Å². The van der Waals surface area contributed by atoms with Gasteiger partial charge in [0.15, 0.2) is 0 Å². The van der Waals surface area contributed by atoms with E-state index in [-0.39, 0.29) is 17.0 Å². The molecule has 0 aliphatic heterocycles. The minimum Gasteiger partial charge on any atom is -0.497 e. The zero-order valence-electron chi connectivity index (χ0n) is 18.1. The molecule has 6 nitrogen and oxygen atoms in total. The molecule has 0 saturated carbocycles. The fraction of sp³-hybridized carbons (Fsp3) is 0.160. The molecule has 0 spiro atoms. The highest BCUT2D eigenvalue weighted by atomic mass is 32.2. The van der Waals surface area contributed by atoms with Gasteiger partial charge in [-0.2, -0.15) is 0 Å². The molecular formula is C25H24N2O4S. The van der Waals surface area contributed by atoms with Gasteiger partial charge < -0.3 is 9.72 Å². The predicted molar refractivity (Wildman–Crippen MR) is 127 cm³/mol. The third-order valence-electron chi connectivity index (χ3n) is 5.55. The summed E-state index contributed by atoms with van der Waals surface area (Å²) in [4.78, 5) is 15.8. The first-order chi connectivity index (χ1) is 15.3. The number of hydrogen-bond acceptors (Lipinski definition) is 4. The molecule has 0 fully saturated rings. The van der Waals surface area contributed by atoms with Gasteiger partial charge in [-0.1, -0.05) is 24.3 Å². The standard InChI is InChI=1S/C25H24N2O4S/c1-17-9-10-21(13-18(17)2)27(32(29,30)23-7-5-4-6-8-23)16-20-14-19-15-22(31-3)11-12-24(19)26-25(20)28/h4-15H,16H2,1-3H3,(H,26,28). The lowest BCUT2D eigenvalue weighted by Crippen LogP contribution is -2.33. The van der Waals surface area contributed by atoms with Crippen molar-refractivity contribution in [3.63, 3.8) is 0 Å². The first-order valence-corrected chi connectivity index (χ1v) is 11.6. The average molecular weight is 449 g/mol. The zero-order chi connectivity index (χ0) is 22.9. The number of H-pyrrole nitrogens is 1. The highest BCUT2D eigenvalue weighted by Crippen LogP contribution is 2.28. The monoisotopic (exact) mass is 448 g/mol. The van der Waals surface area contributed by atoms with Gasteiger partial charge in [0.25, 0.3) is 15.6 Å². The first kappa shape index (κ1) is 21.6. The van der Waals surface area contributed by atoms with Gasteiger partial charge in [0.2, 0.25) is 0 Å². The third kappa shape index (κ3) is 4.11. The number of benzene rings is 3. The van der Waals surface area contributed by atoms with Gasteiger partial charge in [-0.25, -0.2) is 8.42 Å². The number of methoxy groups -OCH3 is 1. The largest absolute Gasteiger partial charge is 0.497 e. The van der Waals surface area contributed by atoms with Gasteiger partial charge in [-0.3, -0.25) is 9.10 Å². The van der Waals surface area contributed by atoms with Gasteiger partial charge in [-0.15, -0.1) is 0 Å². The summed E-state index contributed by atoms with van der Waals surface area (Å²) in [6.45, 7) is 3.79. The molecule has 0 unspecified atom stereocenters. The van der Waals surface area contributed by atoms with E-state index in [2.05, 4.69) is 4.98 Å². The van der Waals surface area contributed by atoms with Crippen molar-refractivity contribution in [2.45, 2.75) is 25.3 Å². The van der Waals surface area contributed by atoms with E-state index < -0.39 is 10.0 Å². The molecule has 32 heavy (non-hydrogen) atoms. The van der Waals surface area contributed by atoms with Crippen LogP contribution in [0.1, 0.15) is 16.7 Å². The normalized spacial score (nSPS) is 11.5. The molecule has 0 saturated heterocycles. The van der Waals surface area contributed by atoms with Crippen molar-refractivity contribution in [1.82, 2.24) is 4.98 Å². The zero-order valence-corrected chi connectivity index (χ0v) is 18.9. The molecular weight excluding hydrogens is 424 g/mol. The summed E-state index contributed by atoms with van der Waals surface area (Å²) < 4.78 is 33.8. The Bertz CT molecular complexity index is 1440. The van der Waals surface area contributed by atoms with Crippen molar-refractivity contribution in [2.24, 2.45) is 0 Å². The highest BCUT2D eigenvalue weighted by molar-refractivity contribution is 7.92. The molecule has 7 heteroatoms. The second kappa shape index (κ2) is 8.51. The number of pyridine rings is 1. The number of aromatic nitrogens is 1. The lowest BCUT2D eigenvalue weighted by molar-refractivity contribution is 0.415. The molecule has 0 amide bonds. The van der Waals surface area contributed by atoms with Crippen LogP contribution in [-0.2, 0) is 16.6 Å². The Hall–Kier alpha value is -3.58. The van der Waals surface area contributed by atoms with Crippen LogP contribution in [-0.4, -0.2) is 20.5 Å². The quantitative estimate of drug-likeness (QED) is 0.469. The number of hydrogen-bond donors (Lipinski definition) is 1. The fourth-order valence-corrected chi connectivity index (χ4v) is 5.00. The third-order valence-corrected chi connectivity index (χ3v) is 7.34. The summed E-state index contributed by atoms with van der Waals surface area (Å²) in [6, 6.07) is 20.8. The lowest BCUT2D eigenvalue weighted by atomic mass is 10.1. The Balaban J connectivity index is 1.86. The molecule has 1 aromatic heterocycles. The number of ether oxygens (including phenoxy) is 1. The average Bonchev–Trinajstić information content (AvgIpc) is 2.79. The molecule has 3 aromatic carbocycles. The molecule has 0 radical (unpaired) electrons. The number of nitrogens with one attached hydrogen (secondary N) is 1. The number of anilines is 1. The summed E-state index contributed by atoms with van der Waals surface area (Å²) in [5, 5.41) is 0.760. The molecule has 0 atom stereocenters. The van der Waals surface area contributed by atoms with Crippen molar-refractivity contribution in [3.8, 4) is 5.75 Å². The van der Waals surface area contributed by atoms with Crippen LogP contribution in [0.5, 0.6) is 5.75 Å². The second-order valence-electron chi connectivity index (χ2n) is 7.67. The van der Waals surface area contributed by atoms with Gasteiger partial charge in [0, 0.05) is 16.5 Å². The molecule has 164 valence electrons. The van der Waals surface area contributed by atoms with Crippen LogP contribution in [0.2, 0.25) is 0 Å². The van der Waals surface area contributed by atoms with Crippen molar-refractivity contribution in [3.05, 3.63) is 99.8 Å². The first-order valence-electron chi connectivity index (χ1n) is 10.1. The SMILES string of the molecule is COc1ccc2[nH]c(=O)c(CN(c3ccc(C)c(C)c3)S(=O)(=O)c3ccccc3)cc2c1. The van der Waals surface area contributed by atoms with Crippen LogP contribution >= 0.6 is 0 Å². The Labute approximate surface area is 187 Å².